The molecule has 1 aliphatic rings. The van der Waals surface area contributed by atoms with Crippen LogP contribution in [0.4, 0.5) is 11.6 Å². The van der Waals surface area contributed by atoms with Crippen molar-refractivity contribution in [1.29, 1.82) is 5.26 Å². The van der Waals surface area contributed by atoms with Crippen molar-refractivity contribution in [1.82, 2.24) is 25.1 Å². The Hall–Kier alpha value is -3.51. The smallest absolute Gasteiger partial charge is 0.158 e. The van der Waals surface area contributed by atoms with Crippen molar-refractivity contribution in [3.63, 3.8) is 0 Å². The van der Waals surface area contributed by atoms with Gasteiger partial charge in [-0.1, -0.05) is 6.42 Å². The first kappa shape index (κ1) is 17.3. The van der Waals surface area contributed by atoms with E-state index >= 15 is 0 Å². The Morgan fingerprint density at radius 3 is 2.62 bits per heavy atom. The van der Waals surface area contributed by atoms with E-state index in [2.05, 4.69) is 30.5 Å². The normalized spacial score (nSPS) is 13.1. The molecule has 3 aromatic heterocycles. The average molecular weight is 350 g/mol. The predicted molar refractivity (Wildman–Crippen MR) is 95.3 cm³/mol. The van der Waals surface area contributed by atoms with Gasteiger partial charge in [-0.25, -0.2) is 9.97 Å². The first-order valence-corrected chi connectivity index (χ1v) is 8.10. The van der Waals surface area contributed by atoms with E-state index in [1.54, 1.807) is 24.4 Å². The van der Waals surface area contributed by atoms with Gasteiger partial charge in [0.1, 0.15) is 23.3 Å². The molecule has 0 aliphatic heterocycles. The molecular formula is C17H18N8O. The Balaban J connectivity index is 0.000000339. The van der Waals surface area contributed by atoms with Crippen molar-refractivity contribution in [2.45, 2.75) is 25.3 Å². The highest BCUT2D eigenvalue weighted by atomic mass is 16.3. The fourth-order valence-corrected chi connectivity index (χ4v) is 2.13. The summed E-state index contributed by atoms with van der Waals surface area (Å²) in [5.74, 6) is 1.01. The van der Waals surface area contributed by atoms with Gasteiger partial charge in [0.25, 0.3) is 0 Å². The van der Waals surface area contributed by atoms with E-state index in [9.17, 15) is 5.11 Å². The molecular weight excluding hydrogens is 332 g/mol. The summed E-state index contributed by atoms with van der Waals surface area (Å²) >= 11 is 0. The maximum absolute atomic E-state index is 9.74. The zero-order valence-corrected chi connectivity index (χ0v) is 13.9. The molecule has 1 aliphatic carbocycles. The number of anilines is 2. The van der Waals surface area contributed by atoms with Crippen LogP contribution in [0.3, 0.4) is 0 Å². The molecule has 1 fully saturated rings. The standard InChI is InChI=1S/C13H9N7O.C4H9N/c14-5-8-6-17-12(7-16-8)18-11-4-9(19-20-11)13-10(21)2-1-3-15-13;5-4-2-1-3-4/h1-4,6-7,21H,(H2,17,18,19,20);4H,1-3,5H2. The predicted octanol–water partition coefficient (Wildman–Crippen LogP) is 2.08. The number of pyridine rings is 1. The van der Waals surface area contributed by atoms with E-state index in [0.717, 1.165) is 0 Å². The summed E-state index contributed by atoms with van der Waals surface area (Å²) < 4.78 is 0. The Kier molecular flexibility index (Phi) is 5.36. The van der Waals surface area contributed by atoms with Gasteiger partial charge in [0.2, 0.25) is 0 Å². The summed E-state index contributed by atoms with van der Waals surface area (Å²) in [6, 6.07) is 7.32. The molecule has 0 bridgehead atoms. The molecule has 0 saturated heterocycles. The topological polar surface area (TPSA) is 149 Å². The van der Waals surface area contributed by atoms with Gasteiger partial charge in [-0.3, -0.25) is 10.1 Å². The number of rotatable bonds is 3. The van der Waals surface area contributed by atoms with Gasteiger partial charge in [0.15, 0.2) is 11.5 Å². The molecule has 3 heterocycles. The third-order valence-corrected chi connectivity index (χ3v) is 3.79. The van der Waals surface area contributed by atoms with Crippen LogP contribution >= 0.6 is 0 Å². The van der Waals surface area contributed by atoms with Crippen molar-refractivity contribution in [3.05, 3.63) is 42.5 Å². The highest BCUT2D eigenvalue weighted by Gasteiger charge is 2.10. The van der Waals surface area contributed by atoms with E-state index < -0.39 is 0 Å². The van der Waals surface area contributed by atoms with Crippen LogP contribution in [0.5, 0.6) is 5.75 Å². The molecule has 0 unspecified atom stereocenters. The molecule has 0 radical (unpaired) electrons. The van der Waals surface area contributed by atoms with E-state index in [1.807, 2.05) is 6.07 Å². The van der Waals surface area contributed by atoms with Crippen LogP contribution in [0, 0.1) is 11.3 Å². The third-order valence-electron chi connectivity index (χ3n) is 3.79. The minimum atomic E-state index is 0.0610. The highest BCUT2D eigenvalue weighted by molar-refractivity contribution is 5.66. The summed E-state index contributed by atoms with van der Waals surface area (Å²) in [5.41, 5.74) is 6.59. The lowest BCUT2D eigenvalue weighted by Crippen LogP contribution is -2.27. The van der Waals surface area contributed by atoms with Gasteiger partial charge in [0, 0.05) is 18.3 Å². The van der Waals surface area contributed by atoms with Gasteiger partial charge in [0.05, 0.1) is 18.1 Å². The van der Waals surface area contributed by atoms with Gasteiger partial charge < -0.3 is 16.2 Å². The first-order chi connectivity index (χ1) is 12.7. The molecule has 0 spiro atoms. The number of hydrogen-bond acceptors (Lipinski definition) is 8. The largest absolute Gasteiger partial charge is 0.506 e. The Bertz CT molecular complexity index is 896. The van der Waals surface area contributed by atoms with Gasteiger partial charge in [-0.2, -0.15) is 10.4 Å². The fraction of sp³-hybridized carbons (Fsp3) is 0.235. The minimum absolute atomic E-state index is 0.0610. The van der Waals surface area contributed by atoms with Crippen LogP contribution in [0.1, 0.15) is 25.0 Å². The van der Waals surface area contributed by atoms with Crippen LogP contribution < -0.4 is 11.1 Å². The number of aromatic amines is 1. The molecule has 9 nitrogen and oxygen atoms in total. The third kappa shape index (κ3) is 4.31. The van der Waals surface area contributed by atoms with E-state index in [0.29, 0.717) is 29.1 Å². The Labute approximate surface area is 150 Å². The number of nitrogens with zero attached hydrogens (tertiary/aromatic N) is 5. The molecule has 1 saturated carbocycles. The Morgan fingerprint density at radius 1 is 1.23 bits per heavy atom. The van der Waals surface area contributed by atoms with Crippen molar-refractivity contribution in [2.75, 3.05) is 5.32 Å². The number of H-pyrrole nitrogens is 1. The second-order valence-corrected chi connectivity index (χ2v) is 5.75. The van der Waals surface area contributed by atoms with E-state index in [-0.39, 0.29) is 11.4 Å². The van der Waals surface area contributed by atoms with E-state index in [4.69, 9.17) is 11.0 Å². The number of hydrogen-bond donors (Lipinski definition) is 4. The summed E-state index contributed by atoms with van der Waals surface area (Å²) in [4.78, 5) is 12.0. The summed E-state index contributed by atoms with van der Waals surface area (Å²) in [7, 11) is 0. The SMILES string of the molecule is N#Cc1cnc(Nc2cc(-c3ncccc3O)[nH]n2)cn1.NC1CCC1. The average Bonchev–Trinajstić information content (AvgIpc) is 3.10. The van der Waals surface area contributed by atoms with Crippen molar-refractivity contribution >= 4 is 11.6 Å². The molecule has 3 aromatic rings. The zero-order valence-electron chi connectivity index (χ0n) is 13.9. The maximum atomic E-state index is 9.74. The second-order valence-electron chi connectivity index (χ2n) is 5.75. The molecule has 4 rings (SSSR count). The number of nitrogens with one attached hydrogen (secondary N) is 2. The Morgan fingerprint density at radius 2 is 2.04 bits per heavy atom. The van der Waals surface area contributed by atoms with Crippen LogP contribution in [0.15, 0.2) is 36.8 Å². The molecule has 5 N–H and O–H groups in total. The van der Waals surface area contributed by atoms with E-state index in [1.165, 1.54) is 31.7 Å². The van der Waals surface area contributed by atoms with Gasteiger partial charge in [-0.05, 0) is 25.0 Å². The lowest BCUT2D eigenvalue weighted by Gasteiger charge is -2.18. The molecule has 9 heteroatoms. The lowest BCUT2D eigenvalue weighted by molar-refractivity contribution is 0.418. The molecule has 132 valence electrons. The van der Waals surface area contributed by atoms with Crippen LogP contribution in [0.2, 0.25) is 0 Å². The van der Waals surface area contributed by atoms with Crippen LogP contribution in [0.25, 0.3) is 11.4 Å². The maximum Gasteiger partial charge on any atom is 0.158 e. The monoisotopic (exact) mass is 350 g/mol. The summed E-state index contributed by atoms with van der Waals surface area (Å²) in [6.07, 6.45) is 8.27. The van der Waals surface area contributed by atoms with Crippen molar-refractivity contribution < 1.29 is 5.11 Å². The fourth-order valence-electron chi connectivity index (χ4n) is 2.13. The first-order valence-electron chi connectivity index (χ1n) is 8.10. The molecule has 26 heavy (non-hydrogen) atoms. The minimum Gasteiger partial charge on any atom is -0.506 e. The molecule has 0 atom stereocenters. The second kappa shape index (κ2) is 8.04. The number of aromatic nitrogens is 5. The molecule has 0 amide bonds. The summed E-state index contributed by atoms with van der Waals surface area (Å²) in [6.45, 7) is 0. The number of nitrogens with two attached hydrogens (primary N) is 1. The summed E-state index contributed by atoms with van der Waals surface area (Å²) in [5, 5.41) is 28.1. The zero-order chi connectivity index (χ0) is 18.4. The van der Waals surface area contributed by atoms with Crippen molar-refractivity contribution in [3.8, 4) is 23.2 Å². The quantitative estimate of drug-likeness (QED) is 0.561. The number of aromatic hydroxyl groups is 1. The lowest BCUT2D eigenvalue weighted by atomic mass is 9.95. The number of nitriles is 1. The van der Waals surface area contributed by atoms with Gasteiger partial charge in [-0.15, -0.1) is 0 Å². The van der Waals surface area contributed by atoms with Gasteiger partial charge >= 0.3 is 0 Å². The van der Waals surface area contributed by atoms with Crippen LogP contribution in [-0.4, -0.2) is 36.3 Å². The van der Waals surface area contributed by atoms with Crippen molar-refractivity contribution in [2.24, 2.45) is 5.73 Å². The van der Waals surface area contributed by atoms with Crippen LogP contribution in [-0.2, 0) is 0 Å². The highest BCUT2D eigenvalue weighted by Crippen LogP contribution is 2.26. The molecule has 0 aromatic carbocycles.